The second-order valence-corrected chi connectivity index (χ2v) is 13.0. The van der Waals surface area contributed by atoms with Crippen LogP contribution >= 0.6 is 0 Å². The number of carbonyl (C=O) groups excluding carboxylic acids is 4. The van der Waals surface area contributed by atoms with Gasteiger partial charge in [-0.05, 0) is 93.8 Å². The van der Waals surface area contributed by atoms with Crippen molar-refractivity contribution in [2.45, 2.75) is 101 Å². The molecule has 5 rings (SSSR count). The number of carbonyl (C=O) groups is 4. The fraction of sp³-hybridized carbons (Fsp3) is 0.543. The Labute approximate surface area is 273 Å². The molecule has 0 radical (unpaired) electrons. The van der Waals surface area contributed by atoms with E-state index in [1.54, 1.807) is 14.0 Å². The van der Waals surface area contributed by atoms with Crippen LogP contribution < -0.4 is 21.3 Å². The maximum atomic E-state index is 14.4. The van der Waals surface area contributed by atoms with E-state index in [1.807, 2.05) is 18.2 Å². The molecule has 2 aromatic rings. The van der Waals surface area contributed by atoms with Crippen LogP contribution in [0.3, 0.4) is 0 Å². The molecule has 47 heavy (non-hydrogen) atoms. The number of halogens is 3. The van der Waals surface area contributed by atoms with Gasteiger partial charge in [0.1, 0.15) is 12.1 Å². The number of fused-ring (bicyclic) bond motifs is 1. The van der Waals surface area contributed by atoms with Gasteiger partial charge in [-0.25, -0.2) is 0 Å². The Morgan fingerprint density at radius 3 is 2.28 bits per heavy atom. The van der Waals surface area contributed by atoms with E-state index in [1.165, 1.54) is 10.5 Å². The number of likely N-dealkylation sites (tertiary alicyclic amines) is 1. The molecule has 1 saturated heterocycles. The summed E-state index contributed by atoms with van der Waals surface area (Å²) in [4.78, 5) is 56.1. The van der Waals surface area contributed by atoms with Crippen molar-refractivity contribution in [2.24, 2.45) is 5.92 Å². The van der Waals surface area contributed by atoms with Crippen LogP contribution in [0.15, 0.2) is 48.5 Å². The number of rotatable bonds is 9. The first-order valence-electron chi connectivity index (χ1n) is 16.6. The lowest BCUT2D eigenvalue weighted by molar-refractivity contribution is -0.143. The summed E-state index contributed by atoms with van der Waals surface area (Å²) in [5.41, 5.74) is 1.39. The largest absolute Gasteiger partial charge is 0.416 e. The summed E-state index contributed by atoms with van der Waals surface area (Å²) < 4.78 is 39.2. The Hall–Kier alpha value is -3.93. The second kappa shape index (κ2) is 14.9. The fourth-order valence-electron chi connectivity index (χ4n) is 7.12. The van der Waals surface area contributed by atoms with E-state index in [4.69, 9.17) is 0 Å². The highest BCUT2D eigenvalue weighted by Gasteiger charge is 2.45. The Morgan fingerprint density at radius 2 is 1.60 bits per heavy atom. The summed E-state index contributed by atoms with van der Waals surface area (Å²) in [6, 6.07) is 8.72. The third-order valence-electron chi connectivity index (χ3n) is 9.89. The van der Waals surface area contributed by atoms with Gasteiger partial charge < -0.3 is 26.2 Å². The molecule has 4 amide bonds. The first-order chi connectivity index (χ1) is 22.5. The van der Waals surface area contributed by atoms with E-state index >= 15 is 0 Å². The van der Waals surface area contributed by atoms with Crippen LogP contribution in [0.2, 0.25) is 0 Å². The van der Waals surface area contributed by atoms with Crippen LogP contribution in [0.4, 0.5) is 13.2 Å². The van der Waals surface area contributed by atoms with Gasteiger partial charge in [0.25, 0.3) is 5.91 Å². The molecule has 4 N–H and O–H groups in total. The molecule has 254 valence electrons. The van der Waals surface area contributed by atoms with Crippen LogP contribution in [0.5, 0.6) is 0 Å². The standard InChI is InChI=1S/C35H44F3N5O4/c1-21(39-2)31(44)42-30(23-10-4-3-5-11-23)34(47)43-20-26(40-32(45)24-15-17-25(18-16-24)35(36,37)38)19-29(43)33(46)41-28-14-8-12-22-9-6-7-13-27(22)28/h6-7,9,13,15-18,21,23,26,28-30,39H,3-5,8,10-12,14,19-20H2,1-2H3,(H,40,45)(H,41,46)(H,42,44)/t21-,26+,28+,29-,30-/m0/s1. The van der Waals surface area contributed by atoms with E-state index in [2.05, 4.69) is 27.3 Å². The summed E-state index contributed by atoms with van der Waals surface area (Å²) in [6.07, 6.45) is 2.61. The van der Waals surface area contributed by atoms with Gasteiger partial charge in [0, 0.05) is 18.2 Å². The molecule has 0 bridgehead atoms. The third-order valence-corrected chi connectivity index (χ3v) is 9.89. The summed E-state index contributed by atoms with van der Waals surface area (Å²) in [5, 5.41) is 11.9. The third kappa shape index (κ3) is 8.14. The van der Waals surface area contributed by atoms with E-state index in [-0.39, 0.29) is 48.2 Å². The zero-order valence-corrected chi connectivity index (χ0v) is 26.9. The molecule has 1 saturated carbocycles. The van der Waals surface area contributed by atoms with E-state index in [9.17, 15) is 32.3 Å². The van der Waals surface area contributed by atoms with E-state index in [0.29, 0.717) is 0 Å². The van der Waals surface area contributed by atoms with Crippen molar-refractivity contribution in [1.82, 2.24) is 26.2 Å². The van der Waals surface area contributed by atoms with Crippen LogP contribution in [0, 0.1) is 5.92 Å². The van der Waals surface area contributed by atoms with Gasteiger partial charge >= 0.3 is 6.18 Å². The number of amides is 4. The molecule has 0 aromatic heterocycles. The number of aryl methyl sites for hydroxylation is 1. The average Bonchev–Trinajstić information content (AvgIpc) is 3.50. The van der Waals surface area contributed by atoms with E-state index < -0.39 is 41.8 Å². The normalized spacial score (nSPS) is 22.9. The zero-order chi connectivity index (χ0) is 33.7. The molecule has 2 fully saturated rings. The van der Waals surface area contributed by atoms with Crippen molar-refractivity contribution >= 4 is 23.6 Å². The van der Waals surface area contributed by atoms with Gasteiger partial charge in [0.05, 0.1) is 17.6 Å². The summed E-state index contributed by atoms with van der Waals surface area (Å²) in [5.74, 6) is -1.73. The Morgan fingerprint density at radius 1 is 0.894 bits per heavy atom. The quantitative estimate of drug-likeness (QED) is 0.322. The monoisotopic (exact) mass is 655 g/mol. The molecule has 5 atom stereocenters. The van der Waals surface area contributed by atoms with Gasteiger partial charge in [-0.2, -0.15) is 13.2 Å². The molecule has 2 aliphatic carbocycles. The molecule has 0 spiro atoms. The number of likely N-dealkylation sites (N-methyl/N-ethyl adjacent to an activating group) is 1. The highest BCUT2D eigenvalue weighted by Crippen LogP contribution is 2.33. The lowest BCUT2D eigenvalue weighted by atomic mass is 9.83. The Balaban J connectivity index is 1.39. The van der Waals surface area contributed by atoms with Crippen LogP contribution in [0.25, 0.3) is 0 Å². The molecule has 2 aromatic carbocycles. The SMILES string of the molecule is CN[C@@H](C)C(=O)N[C@H](C(=O)N1C[C@H](NC(=O)c2ccc(C(F)(F)F)cc2)C[C@H]1C(=O)N[C@@H]1CCCc2ccccc21)C1CCCCC1. The van der Waals surface area contributed by atoms with Crippen molar-refractivity contribution in [2.75, 3.05) is 13.6 Å². The van der Waals surface area contributed by atoms with Crippen LogP contribution in [-0.2, 0) is 27.0 Å². The molecule has 12 heteroatoms. The highest BCUT2D eigenvalue weighted by molar-refractivity contribution is 5.96. The number of nitrogens with zero attached hydrogens (tertiary/aromatic N) is 1. The van der Waals surface area contributed by atoms with Crippen molar-refractivity contribution < 1.29 is 32.3 Å². The smallest absolute Gasteiger partial charge is 0.347 e. The molecule has 0 unspecified atom stereocenters. The molecular weight excluding hydrogens is 611 g/mol. The fourth-order valence-corrected chi connectivity index (χ4v) is 7.12. The van der Waals surface area contributed by atoms with Gasteiger partial charge in [-0.1, -0.05) is 43.5 Å². The maximum Gasteiger partial charge on any atom is 0.416 e. The molecule has 1 heterocycles. The Bertz CT molecular complexity index is 1440. The lowest BCUT2D eigenvalue weighted by Crippen LogP contribution is -2.58. The molecular formula is C35H44F3N5O4. The minimum Gasteiger partial charge on any atom is -0.347 e. The first-order valence-corrected chi connectivity index (χ1v) is 16.6. The van der Waals surface area contributed by atoms with Crippen LogP contribution in [-0.4, -0.2) is 66.3 Å². The first kappa shape index (κ1) is 34.4. The lowest BCUT2D eigenvalue weighted by Gasteiger charge is -2.35. The minimum atomic E-state index is -4.53. The van der Waals surface area contributed by atoms with Crippen molar-refractivity contribution in [3.8, 4) is 0 Å². The summed E-state index contributed by atoms with van der Waals surface area (Å²) >= 11 is 0. The topological polar surface area (TPSA) is 120 Å². The second-order valence-electron chi connectivity index (χ2n) is 13.0. The number of hydrogen-bond donors (Lipinski definition) is 4. The maximum absolute atomic E-state index is 14.4. The zero-order valence-electron chi connectivity index (χ0n) is 26.9. The average molecular weight is 656 g/mol. The number of alkyl halides is 3. The number of hydrogen-bond acceptors (Lipinski definition) is 5. The summed E-state index contributed by atoms with van der Waals surface area (Å²) in [7, 11) is 1.66. The summed E-state index contributed by atoms with van der Waals surface area (Å²) in [6.45, 7) is 1.73. The molecule has 3 aliphatic rings. The van der Waals surface area contributed by atoms with Gasteiger partial charge in [-0.15, -0.1) is 0 Å². The minimum absolute atomic E-state index is 0.0191. The number of benzene rings is 2. The van der Waals surface area contributed by atoms with Crippen molar-refractivity contribution in [1.29, 1.82) is 0 Å². The van der Waals surface area contributed by atoms with Crippen molar-refractivity contribution in [3.63, 3.8) is 0 Å². The van der Waals surface area contributed by atoms with Crippen molar-refractivity contribution in [3.05, 3.63) is 70.8 Å². The van der Waals surface area contributed by atoms with Gasteiger partial charge in [-0.3, -0.25) is 19.2 Å². The predicted molar refractivity (Wildman–Crippen MR) is 170 cm³/mol. The van der Waals surface area contributed by atoms with Gasteiger partial charge in [0.2, 0.25) is 17.7 Å². The predicted octanol–water partition coefficient (Wildman–Crippen LogP) is 4.27. The molecule has 9 nitrogen and oxygen atoms in total. The van der Waals surface area contributed by atoms with Crippen LogP contribution in [0.1, 0.15) is 91.4 Å². The van der Waals surface area contributed by atoms with Gasteiger partial charge in [0.15, 0.2) is 0 Å². The number of nitrogens with one attached hydrogen (secondary N) is 4. The highest BCUT2D eigenvalue weighted by atomic mass is 19.4. The van der Waals surface area contributed by atoms with E-state index in [0.717, 1.165) is 81.2 Å². The Kier molecular flexibility index (Phi) is 10.9. The molecule has 1 aliphatic heterocycles.